The normalized spacial score (nSPS) is 17.9. The average molecular weight is 264 g/mol. The van der Waals surface area contributed by atoms with Gasteiger partial charge in [-0.2, -0.15) is 0 Å². The Kier molecular flexibility index (Phi) is 3.95. The summed E-state index contributed by atoms with van der Waals surface area (Å²) >= 11 is 0. The van der Waals surface area contributed by atoms with Gasteiger partial charge in [-0.05, 0) is 24.6 Å². The summed E-state index contributed by atoms with van der Waals surface area (Å²) in [6, 6.07) is 3.75. The fourth-order valence-corrected chi connectivity index (χ4v) is 2.59. The first kappa shape index (κ1) is 13.7. The highest BCUT2D eigenvalue weighted by molar-refractivity contribution is 5.95. The van der Waals surface area contributed by atoms with E-state index in [1.165, 1.54) is 0 Å². The lowest BCUT2D eigenvalue weighted by Gasteiger charge is -2.34. The van der Waals surface area contributed by atoms with Crippen molar-refractivity contribution in [1.29, 1.82) is 0 Å². The molecule has 104 valence electrons. The highest BCUT2D eigenvalue weighted by Crippen LogP contribution is 2.44. The third-order valence-corrected chi connectivity index (χ3v) is 3.61. The standard InChI is InChI=1S/C14H20N2O3/c1-9(17)16-5-4-10(8-15)12-6-11(18-2)7-13(19-3)14(12)16/h6-7,10H,4-5,8,15H2,1-3H3. The van der Waals surface area contributed by atoms with Crippen molar-refractivity contribution in [1.82, 2.24) is 0 Å². The molecule has 5 heteroatoms. The van der Waals surface area contributed by atoms with Crippen LogP contribution in [0.2, 0.25) is 0 Å². The number of fused-ring (bicyclic) bond motifs is 1. The number of benzene rings is 1. The van der Waals surface area contributed by atoms with Gasteiger partial charge in [0.15, 0.2) is 0 Å². The Morgan fingerprint density at radius 3 is 2.68 bits per heavy atom. The molecule has 2 N–H and O–H groups in total. The Balaban J connectivity index is 2.62. The van der Waals surface area contributed by atoms with Crippen LogP contribution in [0, 0.1) is 0 Å². The van der Waals surface area contributed by atoms with Crippen LogP contribution in [0.4, 0.5) is 5.69 Å². The second-order valence-corrected chi connectivity index (χ2v) is 4.66. The monoisotopic (exact) mass is 264 g/mol. The Labute approximate surface area is 113 Å². The van der Waals surface area contributed by atoms with E-state index in [9.17, 15) is 4.79 Å². The lowest BCUT2D eigenvalue weighted by molar-refractivity contribution is -0.116. The fourth-order valence-electron chi connectivity index (χ4n) is 2.59. The predicted octanol–water partition coefficient (Wildman–Crippen LogP) is 1.50. The molecule has 0 saturated heterocycles. The zero-order valence-electron chi connectivity index (χ0n) is 11.6. The van der Waals surface area contributed by atoms with Crippen molar-refractivity contribution >= 4 is 11.6 Å². The Bertz CT molecular complexity index is 488. The van der Waals surface area contributed by atoms with Gasteiger partial charge in [0.05, 0.1) is 19.9 Å². The number of amides is 1. The zero-order chi connectivity index (χ0) is 14.0. The summed E-state index contributed by atoms with van der Waals surface area (Å²) in [5.74, 6) is 1.62. The summed E-state index contributed by atoms with van der Waals surface area (Å²) in [5.41, 5.74) is 7.70. The van der Waals surface area contributed by atoms with Crippen LogP contribution in [0.25, 0.3) is 0 Å². The van der Waals surface area contributed by atoms with E-state index >= 15 is 0 Å². The molecule has 19 heavy (non-hydrogen) atoms. The molecular weight excluding hydrogens is 244 g/mol. The molecule has 0 aliphatic carbocycles. The van der Waals surface area contributed by atoms with E-state index in [-0.39, 0.29) is 11.8 Å². The predicted molar refractivity (Wildman–Crippen MR) is 74.0 cm³/mol. The van der Waals surface area contributed by atoms with Gasteiger partial charge in [-0.25, -0.2) is 0 Å². The lowest BCUT2D eigenvalue weighted by atomic mass is 9.89. The SMILES string of the molecule is COc1cc(OC)c2c(c1)C(CN)CCN2C(C)=O. The minimum atomic E-state index is 0.0141. The molecule has 0 bridgehead atoms. The van der Waals surface area contributed by atoms with Gasteiger partial charge in [0.25, 0.3) is 0 Å². The summed E-state index contributed by atoms with van der Waals surface area (Å²) < 4.78 is 10.7. The van der Waals surface area contributed by atoms with Crippen LogP contribution >= 0.6 is 0 Å². The molecule has 1 aromatic carbocycles. The van der Waals surface area contributed by atoms with Gasteiger partial charge in [0, 0.05) is 25.5 Å². The van der Waals surface area contributed by atoms with Crippen LogP contribution in [-0.4, -0.2) is 33.2 Å². The first-order valence-corrected chi connectivity index (χ1v) is 6.36. The Morgan fingerprint density at radius 2 is 2.16 bits per heavy atom. The second kappa shape index (κ2) is 5.48. The van der Waals surface area contributed by atoms with Crippen LogP contribution in [0.5, 0.6) is 11.5 Å². The lowest BCUT2D eigenvalue weighted by Crippen LogP contribution is -2.36. The molecule has 1 heterocycles. The van der Waals surface area contributed by atoms with E-state index in [0.717, 1.165) is 23.4 Å². The summed E-state index contributed by atoms with van der Waals surface area (Å²) in [4.78, 5) is 13.5. The maximum absolute atomic E-state index is 11.8. The summed E-state index contributed by atoms with van der Waals surface area (Å²) in [7, 11) is 3.21. The van der Waals surface area contributed by atoms with E-state index in [1.54, 1.807) is 32.1 Å². The van der Waals surface area contributed by atoms with Crippen LogP contribution in [0.15, 0.2) is 12.1 Å². The highest BCUT2D eigenvalue weighted by Gasteiger charge is 2.30. The number of methoxy groups -OCH3 is 2. The maximum Gasteiger partial charge on any atom is 0.223 e. The Morgan fingerprint density at radius 1 is 1.42 bits per heavy atom. The van der Waals surface area contributed by atoms with Crippen molar-refractivity contribution in [2.75, 3.05) is 32.2 Å². The van der Waals surface area contributed by atoms with Gasteiger partial charge >= 0.3 is 0 Å². The minimum Gasteiger partial charge on any atom is -0.497 e. The van der Waals surface area contributed by atoms with E-state index in [0.29, 0.717) is 18.8 Å². The van der Waals surface area contributed by atoms with E-state index < -0.39 is 0 Å². The van der Waals surface area contributed by atoms with Crippen molar-refractivity contribution in [3.05, 3.63) is 17.7 Å². The van der Waals surface area contributed by atoms with E-state index in [4.69, 9.17) is 15.2 Å². The number of nitrogens with two attached hydrogens (primary N) is 1. The van der Waals surface area contributed by atoms with Crippen LogP contribution in [0.3, 0.4) is 0 Å². The fraction of sp³-hybridized carbons (Fsp3) is 0.500. The number of ether oxygens (including phenoxy) is 2. The Hall–Kier alpha value is -1.75. The van der Waals surface area contributed by atoms with Gasteiger partial charge in [0.1, 0.15) is 11.5 Å². The molecule has 0 spiro atoms. The molecule has 5 nitrogen and oxygen atoms in total. The molecular formula is C14H20N2O3. The maximum atomic E-state index is 11.8. The van der Waals surface area contributed by atoms with Crippen LogP contribution in [-0.2, 0) is 4.79 Å². The van der Waals surface area contributed by atoms with Gasteiger partial charge in [0.2, 0.25) is 5.91 Å². The number of carbonyl (C=O) groups is 1. The third kappa shape index (κ3) is 2.38. The minimum absolute atomic E-state index is 0.0141. The van der Waals surface area contributed by atoms with Crippen molar-refractivity contribution in [2.45, 2.75) is 19.3 Å². The topological polar surface area (TPSA) is 64.8 Å². The quantitative estimate of drug-likeness (QED) is 0.898. The first-order valence-electron chi connectivity index (χ1n) is 6.36. The van der Waals surface area contributed by atoms with E-state index in [2.05, 4.69) is 0 Å². The van der Waals surface area contributed by atoms with Gasteiger partial charge in [-0.3, -0.25) is 4.79 Å². The van der Waals surface area contributed by atoms with Gasteiger partial charge in [-0.1, -0.05) is 0 Å². The second-order valence-electron chi connectivity index (χ2n) is 4.66. The molecule has 0 radical (unpaired) electrons. The third-order valence-electron chi connectivity index (χ3n) is 3.61. The molecule has 1 aliphatic rings. The smallest absolute Gasteiger partial charge is 0.223 e. The van der Waals surface area contributed by atoms with Gasteiger partial charge < -0.3 is 20.1 Å². The highest BCUT2D eigenvalue weighted by atomic mass is 16.5. The molecule has 1 aliphatic heterocycles. The molecule has 0 aromatic heterocycles. The number of anilines is 1. The van der Waals surface area contributed by atoms with E-state index in [1.807, 2.05) is 6.07 Å². The van der Waals surface area contributed by atoms with Crippen LogP contribution < -0.4 is 20.1 Å². The number of rotatable bonds is 3. The zero-order valence-corrected chi connectivity index (χ0v) is 11.6. The van der Waals surface area contributed by atoms with Crippen molar-refractivity contribution < 1.29 is 14.3 Å². The first-order chi connectivity index (χ1) is 9.12. The largest absolute Gasteiger partial charge is 0.497 e. The molecule has 1 atom stereocenters. The number of carbonyl (C=O) groups excluding carboxylic acids is 1. The molecule has 0 saturated carbocycles. The molecule has 1 unspecified atom stereocenters. The molecule has 1 aromatic rings. The molecule has 2 rings (SSSR count). The summed E-state index contributed by atoms with van der Waals surface area (Å²) in [5, 5.41) is 0. The number of hydrogen-bond acceptors (Lipinski definition) is 4. The number of nitrogens with zero attached hydrogens (tertiary/aromatic N) is 1. The van der Waals surface area contributed by atoms with Crippen molar-refractivity contribution in [3.8, 4) is 11.5 Å². The van der Waals surface area contributed by atoms with Crippen LogP contribution in [0.1, 0.15) is 24.8 Å². The van der Waals surface area contributed by atoms with Crippen molar-refractivity contribution in [2.24, 2.45) is 5.73 Å². The average Bonchev–Trinajstić information content (AvgIpc) is 2.44. The molecule has 1 amide bonds. The summed E-state index contributed by atoms with van der Waals surface area (Å²) in [6.45, 7) is 2.79. The van der Waals surface area contributed by atoms with Gasteiger partial charge in [-0.15, -0.1) is 0 Å². The summed E-state index contributed by atoms with van der Waals surface area (Å²) in [6.07, 6.45) is 0.861. The molecule has 0 fully saturated rings. The number of hydrogen-bond donors (Lipinski definition) is 1. The van der Waals surface area contributed by atoms with Crippen molar-refractivity contribution in [3.63, 3.8) is 0 Å².